The van der Waals surface area contributed by atoms with Gasteiger partial charge < -0.3 is 20.3 Å². The maximum absolute atomic E-state index is 9.37. The lowest BCUT2D eigenvalue weighted by molar-refractivity contribution is -0.268. The molecule has 0 radical (unpaired) electrons. The van der Waals surface area contributed by atoms with Crippen LogP contribution in [0.2, 0.25) is 0 Å². The van der Waals surface area contributed by atoms with Gasteiger partial charge in [0.25, 0.3) is 0 Å². The van der Waals surface area contributed by atoms with Crippen LogP contribution in [0, 0.1) is 5.92 Å². The van der Waals surface area contributed by atoms with E-state index in [1.807, 2.05) is 55.6 Å². The molecule has 2 heterocycles. The van der Waals surface area contributed by atoms with Gasteiger partial charge in [0, 0.05) is 30.8 Å². The van der Waals surface area contributed by atoms with Crippen molar-refractivity contribution in [3.63, 3.8) is 0 Å². The molecule has 2 aromatic carbocycles. The fourth-order valence-corrected chi connectivity index (χ4v) is 4.63. The maximum Gasteiger partial charge on any atom is 0.209 e. The number of ether oxygens (including phenoxy) is 2. The molecule has 3 aromatic rings. The number of rotatable bonds is 7. The number of hydrogen-bond donors (Lipinski definition) is 2. The standard InChI is InChI=1S/C22H27N5O3S/c1-14-19(13-31-22-24-25-26-27(22)2)29-21(18-9-3-15(11-23)4-10-18)30-20(14)17-7-5-16(12-28)6-8-17/h3-10,14,19-21,28H,11-13,23H2,1-2H3. The molecular weight excluding hydrogens is 414 g/mol. The predicted molar refractivity (Wildman–Crippen MR) is 117 cm³/mol. The van der Waals surface area contributed by atoms with Crippen LogP contribution >= 0.6 is 11.8 Å². The summed E-state index contributed by atoms with van der Waals surface area (Å²) in [7, 11) is 1.82. The molecule has 0 spiro atoms. The van der Waals surface area contributed by atoms with E-state index in [9.17, 15) is 5.11 Å². The van der Waals surface area contributed by atoms with E-state index in [1.54, 1.807) is 16.4 Å². The zero-order valence-corrected chi connectivity index (χ0v) is 18.4. The number of nitrogens with zero attached hydrogens (tertiary/aromatic N) is 4. The summed E-state index contributed by atoms with van der Waals surface area (Å²) < 4.78 is 14.5. The minimum absolute atomic E-state index is 0.0194. The van der Waals surface area contributed by atoms with Crippen molar-refractivity contribution < 1.29 is 14.6 Å². The van der Waals surface area contributed by atoms with Crippen LogP contribution in [0.4, 0.5) is 0 Å². The van der Waals surface area contributed by atoms with E-state index in [0.29, 0.717) is 12.3 Å². The molecule has 8 nitrogen and oxygen atoms in total. The lowest BCUT2D eigenvalue weighted by Crippen LogP contribution is -2.38. The van der Waals surface area contributed by atoms with Gasteiger partial charge in [-0.05, 0) is 27.1 Å². The number of thioether (sulfide) groups is 1. The molecule has 4 rings (SSSR count). The topological polar surface area (TPSA) is 108 Å². The largest absolute Gasteiger partial charge is 0.392 e. The molecule has 0 bridgehead atoms. The number of aromatic nitrogens is 4. The molecule has 0 saturated carbocycles. The molecule has 1 aromatic heterocycles. The Kier molecular flexibility index (Phi) is 6.99. The zero-order chi connectivity index (χ0) is 21.8. The summed E-state index contributed by atoms with van der Waals surface area (Å²) in [5, 5.41) is 21.8. The maximum atomic E-state index is 9.37. The van der Waals surface area contributed by atoms with E-state index in [4.69, 9.17) is 15.2 Å². The van der Waals surface area contributed by atoms with Crippen LogP contribution in [0.5, 0.6) is 0 Å². The highest BCUT2D eigenvalue weighted by Crippen LogP contribution is 2.42. The third-order valence-corrected chi connectivity index (χ3v) is 6.67. The second kappa shape index (κ2) is 9.88. The summed E-state index contributed by atoms with van der Waals surface area (Å²) in [6.45, 7) is 2.65. The summed E-state index contributed by atoms with van der Waals surface area (Å²) >= 11 is 1.57. The molecule has 9 heteroatoms. The van der Waals surface area contributed by atoms with E-state index in [-0.39, 0.29) is 24.7 Å². The Balaban J connectivity index is 1.58. The molecule has 4 atom stereocenters. The number of aryl methyl sites for hydroxylation is 1. The van der Waals surface area contributed by atoms with Gasteiger partial charge in [0.1, 0.15) is 0 Å². The molecule has 164 valence electrons. The molecule has 1 aliphatic heterocycles. The van der Waals surface area contributed by atoms with Crippen LogP contribution in [0.3, 0.4) is 0 Å². The molecule has 4 unspecified atom stereocenters. The van der Waals surface area contributed by atoms with Gasteiger partial charge in [0.05, 0.1) is 18.8 Å². The van der Waals surface area contributed by atoms with Crippen molar-refractivity contribution in [2.45, 2.75) is 43.7 Å². The smallest absolute Gasteiger partial charge is 0.209 e. The average molecular weight is 442 g/mol. The van der Waals surface area contributed by atoms with Crippen LogP contribution in [0.15, 0.2) is 53.7 Å². The van der Waals surface area contributed by atoms with Crippen LogP contribution in [0.1, 0.15) is 41.6 Å². The molecule has 1 fully saturated rings. The quantitative estimate of drug-likeness (QED) is 0.539. The molecule has 0 aliphatic carbocycles. The van der Waals surface area contributed by atoms with Crippen molar-refractivity contribution in [3.8, 4) is 0 Å². The lowest BCUT2D eigenvalue weighted by atomic mass is 9.91. The summed E-state index contributed by atoms with van der Waals surface area (Å²) in [5.74, 6) is 0.801. The molecule has 31 heavy (non-hydrogen) atoms. The number of nitrogens with two attached hydrogens (primary N) is 1. The van der Waals surface area contributed by atoms with Crippen LogP contribution in [-0.4, -0.2) is 37.2 Å². The van der Waals surface area contributed by atoms with Gasteiger partial charge in [-0.3, -0.25) is 0 Å². The number of aliphatic hydroxyl groups excluding tert-OH is 1. The summed E-state index contributed by atoms with van der Waals surface area (Å²) in [5.41, 5.74) is 9.69. The highest BCUT2D eigenvalue weighted by molar-refractivity contribution is 7.99. The molecule has 1 saturated heterocycles. The van der Waals surface area contributed by atoms with Crippen LogP contribution in [0.25, 0.3) is 0 Å². The fourth-order valence-electron chi connectivity index (χ4n) is 3.62. The van der Waals surface area contributed by atoms with Gasteiger partial charge in [-0.1, -0.05) is 67.2 Å². The van der Waals surface area contributed by atoms with Gasteiger partial charge in [-0.15, -0.1) is 5.10 Å². The Hall–Kier alpha value is -2.30. The predicted octanol–water partition coefficient (Wildman–Crippen LogP) is 2.74. The Morgan fingerprint density at radius 2 is 1.71 bits per heavy atom. The number of aliphatic hydroxyl groups is 1. The third-order valence-electron chi connectivity index (χ3n) is 5.57. The zero-order valence-electron chi connectivity index (χ0n) is 17.6. The van der Waals surface area contributed by atoms with Crippen molar-refractivity contribution >= 4 is 11.8 Å². The van der Waals surface area contributed by atoms with E-state index < -0.39 is 6.29 Å². The van der Waals surface area contributed by atoms with E-state index in [1.165, 1.54) is 0 Å². The summed E-state index contributed by atoms with van der Waals surface area (Å²) in [6.07, 6.45) is -0.713. The van der Waals surface area contributed by atoms with Gasteiger partial charge in [0.15, 0.2) is 6.29 Å². The van der Waals surface area contributed by atoms with Crippen LogP contribution in [-0.2, 0) is 29.7 Å². The fraction of sp³-hybridized carbons (Fsp3) is 0.409. The average Bonchev–Trinajstić information content (AvgIpc) is 3.23. The van der Waals surface area contributed by atoms with Crippen molar-refractivity contribution in [2.24, 2.45) is 18.7 Å². The normalized spacial score (nSPS) is 23.7. The SMILES string of the molecule is CC1C(CSc2nnnn2C)OC(c2ccc(CN)cc2)OC1c1ccc(CO)cc1. The van der Waals surface area contributed by atoms with Crippen molar-refractivity contribution in [2.75, 3.05) is 5.75 Å². The first-order valence-corrected chi connectivity index (χ1v) is 11.2. The number of tetrazole rings is 1. The lowest BCUT2D eigenvalue weighted by Gasteiger charge is -2.41. The summed E-state index contributed by atoms with van der Waals surface area (Å²) in [4.78, 5) is 0. The minimum atomic E-state index is -0.492. The van der Waals surface area contributed by atoms with Crippen LogP contribution < -0.4 is 5.73 Å². The second-order valence-corrected chi connectivity index (χ2v) is 8.65. The van der Waals surface area contributed by atoms with Crippen molar-refractivity contribution in [1.82, 2.24) is 20.2 Å². The Bertz CT molecular complexity index is 980. The van der Waals surface area contributed by atoms with Gasteiger partial charge in [-0.2, -0.15) is 0 Å². The summed E-state index contributed by atoms with van der Waals surface area (Å²) in [6, 6.07) is 15.9. The third kappa shape index (κ3) is 4.97. The molecule has 3 N–H and O–H groups in total. The van der Waals surface area contributed by atoms with Gasteiger partial charge in [0.2, 0.25) is 5.16 Å². The van der Waals surface area contributed by atoms with E-state index >= 15 is 0 Å². The number of benzene rings is 2. The highest BCUT2D eigenvalue weighted by atomic mass is 32.2. The van der Waals surface area contributed by atoms with Crippen molar-refractivity contribution in [3.05, 3.63) is 70.8 Å². The Morgan fingerprint density at radius 3 is 2.32 bits per heavy atom. The van der Waals surface area contributed by atoms with Gasteiger partial charge in [-0.25, -0.2) is 4.68 Å². The second-order valence-electron chi connectivity index (χ2n) is 7.66. The highest BCUT2D eigenvalue weighted by Gasteiger charge is 2.38. The first-order valence-electron chi connectivity index (χ1n) is 10.2. The minimum Gasteiger partial charge on any atom is -0.392 e. The number of hydrogen-bond acceptors (Lipinski definition) is 8. The van der Waals surface area contributed by atoms with E-state index in [2.05, 4.69) is 22.4 Å². The van der Waals surface area contributed by atoms with E-state index in [0.717, 1.165) is 27.4 Å². The Morgan fingerprint density at radius 1 is 1.03 bits per heavy atom. The first-order chi connectivity index (χ1) is 15.1. The van der Waals surface area contributed by atoms with Crippen molar-refractivity contribution in [1.29, 1.82) is 0 Å². The molecule has 0 amide bonds. The molecular formula is C22H27N5O3S. The molecule has 1 aliphatic rings. The monoisotopic (exact) mass is 441 g/mol. The first kappa shape index (κ1) is 21.9. The Labute approximate surface area is 185 Å². The van der Waals surface area contributed by atoms with Gasteiger partial charge >= 0.3 is 0 Å².